The summed E-state index contributed by atoms with van der Waals surface area (Å²) >= 11 is 2.94. The Labute approximate surface area is 195 Å². The number of likely N-dealkylation sites (tertiary alicyclic amines) is 2. The van der Waals surface area contributed by atoms with Gasteiger partial charge in [0.25, 0.3) is 0 Å². The van der Waals surface area contributed by atoms with Crippen molar-refractivity contribution < 1.29 is 9.59 Å². The highest BCUT2D eigenvalue weighted by Gasteiger charge is 2.17. The lowest BCUT2D eigenvalue weighted by atomic mass is 10.1. The van der Waals surface area contributed by atoms with Crippen molar-refractivity contribution in [3.8, 4) is 0 Å². The molecule has 0 spiro atoms. The number of nitrogens with one attached hydrogen (secondary N) is 2. The first-order chi connectivity index (χ1) is 15.6. The Morgan fingerprint density at radius 3 is 1.59 bits per heavy atom. The van der Waals surface area contributed by atoms with Gasteiger partial charge in [-0.25, -0.2) is 9.97 Å². The van der Waals surface area contributed by atoms with Crippen LogP contribution in [0.15, 0.2) is 12.1 Å². The lowest BCUT2D eigenvalue weighted by Gasteiger charge is -2.25. The van der Waals surface area contributed by atoms with Crippen molar-refractivity contribution in [1.82, 2.24) is 19.8 Å². The average Bonchev–Trinajstić information content (AvgIpc) is 3.34. The molecule has 8 nitrogen and oxygen atoms in total. The number of rotatable bonds is 6. The van der Waals surface area contributed by atoms with E-state index >= 15 is 0 Å². The molecule has 0 bridgehead atoms. The SMILES string of the molecule is O=C(CN1CCCCC1)Nc1nc2cc3nc(NC(=O)CN4CCCCC4)sc3cc2s1. The number of carbonyl (C=O) groups is 2. The predicted octanol–water partition coefficient (Wildman–Crippen LogP) is 3.75. The maximum Gasteiger partial charge on any atom is 0.240 e. The number of hydrogen-bond donors (Lipinski definition) is 2. The van der Waals surface area contributed by atoms with Crippen LogP contribution in [-0.4, -0.2) is 70.9 Å². The maximum absolute atomic E-state index is 12.4. The zero-order valence-corrected chi connectivity index (χ0v) is 19.7. The van der Waals surface area contributed by atoms with Gasteiger partial charge in [-0.15, -0.1) is 0 Å². The fraction of sp³-hybridized carbons (Fsp3) is 0.545. The van der Waals surface area contributed by atoms with E-state index in [1.807, 2.05) is 12.1 Å². The zero-order valence-electron chi connectivity index (χ0n) is 18.1. The molecule has 4 heterocycles. The number of piperidine rings is 2. The molecule has 2 fully saturated rings. The van der Waals surface area contributed by atoms with Gasteiger partial charge in [0.2, 0.25) is 11.8 Å². The van der Waals surface area contributed by atoms with Gasteiger partial charge >= 0.3 is 0 Å². The molecule has 2 aromatic heterocycles. The summed E-state index contributed by atoms with van der Waals surface area (Å²) in [6.07, 6.45) is 7.17. The summed E-state index contributed by atoms with van der Waals surface area (Å²) in [6.45, 7) is 4.82. The predicted molar refractivity (Wildman–Crippen MR) is 131 cm³/mol. The highest BCUT2D eigenvalue weighted by molar-refractivity contribution is 7.24. The molecule has 0 aliphatic carbocycles. The Morgan fingerprint density at radius 1 is 0.719 bits per heavy atom. The Hall–Kier alpha value is -2.14. The molecular weight excluding hydrogens is 444 g/mol. The minimum atomic E-state index is -0.00963. The first kappa shape index (κ1) is 21.7. The van der Waals surface area contributed by atoms with E-state index in [0.717, 1.165) is 46.6 Å². The van der Waals surface area contributed by atoms with E-state index < -0.39 is 0 Å². The van der Waals surface area contributed by atoms with Crippen LogP contribution in [0.25, 0.3) is 20.4 Å². The van der Waals surface area contributed by atoms with Crippen molar-refractivity contribution in [1.29, 1.82) is 0 Å². The molecule has 2 aliphatic heterocycles. The van der Waals surface area contributed by atoms with Crippen LogP contribution in [0.4, 0.5) is 10.3 Å². The number of fused-ring (bicyclic) bond motifs is 2. The Morgan fingerprint density at radius 2 is 1.16 bits per heavy atom. The summed E-state index contributed by atoms with van der Waals surface area (Å²) in [4.78, 5) is 38.4. The van der Waals surface area contributed by atoms with Crippen LogP contribution in [0, 0.1) is 0 Å². The van der Waals surface area contributed by atoms with Crippen molar-refractivity contribution >= 4 is 65.2 Å². The minimum Gasteiger partial charge on any atom is -0.301 e. The molecule has 1 aromatic carbocycles. The third-order valence-corrected chi connectivity index (χ3v) is 7.89. The number of aromatic nitrogens is 2. The van der Waals surface area contributed by atoms with Gasteiger partial charge in [0.15, 0.2) is 10.3 Å². The fourth-order valence-electron chi connectivity index (χ4n) is 4.42. The van der Waals surface area contributed by atoms with Gasteiger partial charge in [0, 0.05) is 0 Å². The topological polar surface area (TPSA) is 90.5 Å². The molecule has 3 aromatic rings. The maximum atomic E-state index is 12.4. The van der Waals surface area contributed by atoms with Crippen molar-refractivity contribution in [3.05, 3.63) is 12.1 Å². The van der Waals surface area contributed by atoms with E-state index in [2.05, 4.69) is 30.4 Å². The Kier molecular flexibility index (Phi) is 6.63. The fourth-order valence-corrected chi connectivity index (χ4v) is 6.30. The lowest BCUT2D eigenvalue weighted by Crippen LogP contribution is -2.36. The van der Waals surface area contributed by atoms with Crippen LogP contribution in [0.5, 0.6) is 0 Å². The number of carbonyl (C=O) groups excluding carboxylic acids is 2. The van der Waals surface area contributed by atoms with Crippen LogP contribution in [0.3, 0.4) is 0 Å². The second kappa shape index (κ2) is 9.78. The number of thiazole rings is 2. The van der Waals surface area contributed by atoms with Gasteiger partial charge < -0.3 is 10.6 Å². The molecule has 0 unspecified atom stereocenters. The molecule has 10 heteroatoms. The summed E-state index contributed by atoms with van der Waals surface area (Å²) in [6, 6.07) is 3.97. The van der Waals surface area contributed by atoms with Crippen molar-refractivity contribution in [2.75, 3.05) is 49.9 Å². The second-order valence-electron chi connectivity index (χ2n) is 8.60. The van der Waals surface area contributed by atoms with Gasteiger partial charge in [-0.2, -0.15) is 0 Å². The van der Waals surface area contributed by atoms with E-state index in [1.54, 1.807) is 0 Å². The molecule has 32 heavy (non-hydrogen) atoms. The van der Waals surface area contributed by atoms with Crippen LogP contribution in [-0.2, 0) is 9.59 Å². The summed E-state index contributed by atoms with van der Waals surface area (Å²) in [5.74, 6) is -0.0193. The number of amides is 2. The molecule has 2 N–H and O–H groups in total. The van der Waals surface area contributed by atoms with Crippen molar-refractivity contribution in [2.24, 2.45) is 0 Å². The van der Waals surface area contributed by atoms with E-state index in [0.29, 0.717) is 23.4 Å². The van der Waals surface area contributed by atoms with Crippen molar-refractivity contribution in [3.63, 3.8) is 0 Å². The normalized spacial score (nSPS) is 18.2. The number of anilines is 2. The van der Waals surface area contributed by atoms with Crippen LogP contribution < -0.4 is 10.6 Å². The second-order valence-corrected chi connectivity index (χ2v) is 10.7. The first-order valence-corrected chi connectivity index (χ1v) is 13.0. The standard InChI is InChI=1S/C22H28N6O2S2/c29-19(13-27-7-3-1-4-8-27)25-21-23-15-11-16-18(12-17(15)31-21)32-22(24-16)26-20(30)14-28-9-5-2-6-10-28/h11-12H,1-10,13-14H2,(H,23,25,29)(H,24,26,30). The summed E-state index contributed by atoms with van der Waals surface area (Å²) in [7, 11) is 0. The molecule has 2 amide bonds. The zero-order chi connectivity index (χ0) is 21.9. The third-order valence-electron chi connectivity index (χ3n) is 6.02. The molecule has 5 rings (SSSR count). The molecular formula is C22H28N6O2S2. The van der Waals surface area contributed by atoms with Crippen molar-refractivity contribution in [2.45, 2.75) is 38.5 Å². The van der Waals surface area contributed by atoms with Crippen LogP contribution in [0.2, 0.25) is 0 Å². The molecule has 0 radical (unpaired) electrons. The number of hydrogen-bond acceptors (Lipinski definition) is 8. The summed E-state index contributed by atoms with van der Waals surface area (Å²) < 4.78 is 2.00. The third kappa shape index (κ3) is 5.25. The Balaban J connectivity index is 1.23. The number of benzene rings is 1. The van der Waals surface area contributed by atoms with Gasteiger partial charge in [-0.1, -0.05) is 35.5 Å². The largest absolute Gasteiger partial charge is 0.301 e. The highest BCUT2D eigenvalue weighted by atomic mass is 32.1. The lowest BCUT2D eigenvalue weighted by molar-refractivity contribution is -0.118. The Bertz CT molecular complexity index is 980. The summed E-state index contributed by atoms with van der Waals surface area (Å²) in [5.41, 5.74) is 1.62. The monoisotopic (exact) mass is 472 g/mol. The van der Waals surface area contributed by atoms with E-state index in [9.17, 15) is 9.59 Å². The van der Waals surface area contributed by atoms with E-state index in [-0.39, 0.29) is 11.8 Å². The minimum absolute atomic E-state index is 0.00963. The average molecular weight is 473 g/mol. The van der Waals surface area contributed by atoms with E-state index in [4.69, 9.17) is 0 Å². The molecule has 2 saturated heterocycles. The molecule has 2 aliphatic rings. The quantitative estimate of drug-likeness (QED) is 0.568. The van der Waals surface area contributed by atoms with Crippen LogP contribution in [0.1, 0.15) is 38.5 Å². The van der Waals surface area contributed by atoms with Crippen LogP contribution >= 0.6 is 22.7 Å². The highest BCUT2D eigenvalue weighted by Crippen LogP contribution is 2.34. The molecule has 0 saturated carbocycles. The molecule has 0 atom stereocenters. The van der Waals surface area contributed by atoms with Gasteiger partial charge in [-0.05, 0) is 64.0 Å². The summed E-state index contributed by atoms with van der Waals surface area (Å²) in [5, 5.41) is 7.14. The molecule has 170 valence electrons. The van der Waals surface area contributed by atoms with Gasteiger partial charge in [0.1, 0.15) is 0 Å². The number of nitrogens with zero attached hydrogens (tertiary/aromatic N) is 4. The first-order valence-electron chi connectivity index (χ1n) is 11.4. The van der Waals surface area contributed by atoms with E-state index in [1.165, 1.54) is 61.2 Å². The smallest absolute Gasteiger partial charge is 0.240 e. The van der Waals surface area contributed by atoms with Gasteiger partial charge in [-0.3, -0.25) is 19.4 Å². The van der Waals surface area contributed by atoms with Gasteiger partial charge in [0.05, 0.1) is 33.5 Å².